The smallest absolute Gasteiger partial charge is 0.220 e. The van der Waals surface area contributed by atoms with E-state index in [1.54, 1.807) is 14.2 Å². The third-order valence-corrected chi connectivity index (χ3v) is 21.1. The second kappa shape index (κ2) is 69.3. The Balaban J connectivity index is 0.732. The van der Waals surface area contributed by atoms with E-state index in [0.29, 0.717) is 330 Å². The number of fused-ring (bicyclic) bond motifs is 6. The van der Waals surface area contributed by atoms with Crippen molar-refractivity contribution >= 4 is 23.3 Å². The van der Waals surface area contributed by atoms with E-state index in [1.165, 1.54) is 55.6 Å². The van der Waals surface area contributed by atoms with E-state index in [0.717, 1.165) is 49.0 Å². The minimum absolute atomic E-state index is 0.0580. The number of Topliss-reactive ketones (excluding diaryl/α,β-unsaturated/α-hetero) is 3. The monoisotopic (exact) mass is 1790 g/mol. The van der Waals surface area contributed by atoms with Crippen molar-refractivity contribution in [2.75, 3.05) is 331 Å². The van der Waals surface area contributed by atoms with Crippen LogP contribution in [0.2, 0.25) is 0 Å². The third kappa shape index (κ3) is 43.6. The van der Waals surface area contributed by atoms with Gasteiger partial charge in [-0.3, -0.25) is 19.2 Å². The van der Waals surface area contributed by atoms with Gasteiger partial charge < -0.3 is 124 Å². The van der Waals surface area contributed by atoms with Gasteiger partial charge in [0.15, 0.2) is 17.3 Å². The number of ether oxygens (including phenoxy) is 25. The lowest BCUT2D eigenvalue weighted by Crippen LogP contribution is -2.28. The second-order valence-electron chi connectivity index (χ2n) is 30.2. The summed E-state index contributed by atoms with van der Waals surface area (Å²) in [6.45, 7) is 23.2. The highest BCUT2D eigenvalue weighted by Gasteiger charge is 2.43. The van der Waals surface area contributed by atoms with Gasteiger partial charge in [0.1, 0.15) is 11.7 Å². The summed E-state index contributed by atoms with van der Waals surface area (Å²) in [6, 6.07) is 37.8. The van der Waals surface area contributed by atoms with Crippen LogP contribution in [0.4, 0.5) is 0 Å². The van der Waals surface area contributed by atoms with Gasteiger partial charge in [0.25, 0.3) is 0 Å². The first-order chi connectivity index (χ1) is 62.8. The molecule has 1 N–H and O–H groups in total. The Bertz CT molecular complexity index is 3610. The van der Waals surface area contributed by atoms with Gasteiger partial charge in [-0.2, -0.15) is 0 Å². The van der Waals surface area contributed by atoms with E-state index in [-0.39, 0.29) is 43.2 Å². The van der Waals surface area contributed by atoms with E-state index in [1.807, 2.05) is 12.1 Å². The molecule has 1 amide bonds. The Kier molecular flexibility index (Phi) is 57.7. The molecule has 30 heteroatoms. The number of hydrogen-bond acceptors (Lipinski definition) is 29. The highest BCUT2D eigenvalue weighted by Crippen LogP contribution is 2.56. The maximum absolute atomic E-state index is 12.5. The van der Waals surface area contributed by atoms with Crippen LogP contribution in [0.25, 0.3) is 44.5 Å². The fourth-order valence-corrected chi connectivity index (χ4v) is 14.6. The van der Waals surface area contributed by atoms with Crippen LogP contribution < -0.4 is 10.1 Å². The molecule has 1 fully saturated rings. The summed E-state index contributed by atoms with van der Waals surface area (Å²) >= 11 is 0. The summed E-state index contributed by atoms with van der Waals surface area (Å²) in [5.74, 6) is -1.90. The molecule has 710 valence electrons. The second-order valence-corrected chi connectivity index (χ2v) is 30.2. The molecular formula is C97H143NO29. The summed E-state index contributed by atoms with van der Waals surface area (Å²) < 4.78 is 141. The van der Waals surface area contributed by atoms with Crippen molar-refractivity contribution in [2.45, 2.75) is 76.0 Å². The first-order valence-corrected chi connectivity index (χ1v) is 45.6. The number of amides is 1. The van der Waals surface area contributed by atoms with Crippen LogP contribution in [-0.4, -0.2) is 355 Å². The van der Waals surface area contributed by atoms with Crippen LogP contribution in [0.5, 0.6) is 5.75 Å². The number of nitrogens with one attached hydrogen (secondary N) is 1. The maximum atomic E-state index is 12.5. The van der Waals surface area contributed by atoms with Crippen molar-refractivity contribution in [1.29, 1.82) is 0 Å². The Morgan fingerprint density at radius 2 is 0.598 bits per heavy atom. The minimum atomic E-state index is -1.20. The first kappa shape index (κ1) is 106. The van der Waals surface area contributed by atoms with Crippen LogP contribution in [0.15, 0.2) is 103 Å². The molecule has 1 saturated carbocycles. The number of hydrogen-bond donors (Lipinski definition) is 1. The summed E-state index contributed by atoms with van der Waals surface area (Å²) in [4.78, 5) is 49.1. The minimum Gasteiger partial charge on any atom is -0.494 e. The Labute approximate surface area is 751 Å². The van der Waals surface area contributed by atoms with E-state index in [4.69, 9.17) is 118 Å². The average molecular weight is 1790 g/mol. The van der Waals surface area contributed by atoms with Crippen LogP contribution in [-0.2, 0) is 145 Å². The predicted octanol–water partition coefficient (Wildman–Crippen LogP) is 10.2. The molecule has 3 aliphatic rings. The molecule has 0 radical (unpaired) electrons. The van der Waals surface area contributed by atoms with Gasteiger partial charge in [0, 0.05) is 65.1 Å². The standard InChI is InChI=1S/C97H143NO29/c1-103-31-33-107-39-41-111-47-49-115-55-57-119-63-65-123-71-73-125-69-67-121-61-59-117-53-51-113-45-43-109-37-35-105-28-7-25-97(26-8-29-106-36-38-110-44-46-114-52-54-118-60-62-122-68-70-126-74-72-124-66-64-120-58-56-116-50-48-112-42-40-108-34-32-104-2)90-77-81(79-11-16-85(17-12-79)127-30-6-5-27-98-95(102)24-23-94(101)96-92(99)21-22-93(96)100)14-19-88(90)89-20-15-82(78-91(89)97)80-13-18-87-84(75-80)76-83-9-3-4-10-86(83)87/h3-4,9-20,75,77-78,96H,5-8,21-74,76H2,1-2H3,(H,98,102). The number of unbranched alkanes of at least 4 members (excludes halogenated alkanes) is 1. The fourth-order valence-electron chi connectivity index (χ4n) is 14.6. The van der Waals surface area contributed by atoms with Gasteiger partial charge in [-0.25, -0.2) is 0 Å². The largest absolute Gasteiger partial charge is 0.494 e. The highest BCUT2D eigenvalue weighted by atomic mass is 16.6. The number of methoxy groups -OCH3 is 2. The number of ketones is 3. The summed E-state index contributed by atoms with van der Waals surface area (Å²) in [6.07, 6.45) is 5.52. The molecule has 8 rings (SSSR count). The molecule has 0 aliphatic heterocycles. The number of carbonyl (C=O) groups is 4. The Hall–Kier alpha value is -6.58. The molecule has 127 heavy (non-hydrogen) atoms. The van der Waals surface area contributed by atoms with Crippen molar-refractivity contribution < 1.29 is 138 Å². The summed E-state index contributed by atoms with van der Waals surface area (Å²) in [7, 11) is 3.29. The van der Waals surface area contributed by atoms with Crippen molar-refractivity contribution in [3.63, 3.8) is 0 Å². The number of rotatable bonds is 86. The average Bonchev–Trinajstić information content (AvgIpc) is 1.56. The van der Waals surface area contributed by atoms with E-state index >= 15 is 0 Å². The normalized spacial score (nSPS) is 13.3. The molecule has 0 heterocycles. The first-order valence-electron chi connectivity index (χ1n) is 45.6. The summed E-state index contributed by atoms with van der Waals surface area (Å²) in [5.41, 5.74) is 14.4. The van der Waals surface area contributed by atoms with Crippen molar-refractivity contribution in [3.05, 3.63) is 125 Å². The molecule has 0 spiro atoms. The van der Waals surface area contributed by atoms with Crippen molar-refractivity contribution in [1.82, 2.24) is 5.32 Å². The Morgan fingerprint density at radius 3 is 0.953 bits per heavy atom. The highest BCUT2D eigenvalue weighted by molar-refractivity contribution is 6.23. The van der Waals surface area contributed by atoms with Gasteiger partial charge >= 0.3 is 0 Å². The van der Waals surface area contributed by atoms with Crippen LogP contribution in [0.1, 0.15) is 86.5 Å². The van der Waals surface area contributed by atoms with E-state index in [9.17, 15) is 19.2 Å². The number of benzene rings is 5. The molecule has 0 bridgehead atoms. The van der Waals surface area contributed by atoms with Gasteiger partial charge in [-0.15, -0.1) is 0 Å². The van der Waals surface area contributed by atoms with Crippen molar-refractivity contribution in [3.8, 4) is 50.3 Å². The third-order valence-electron chi connectivity index (χ3n) is 21.1. The lowest BCUT2D eigenvalue weighted by Gasteiger charge is -2.33. The topological polar surface area (TPSA) is 311 Å². The Morgan fingerprint density at radius 1 is 0.299 bits per heavy atom. The van der Waals surface area contributed by atoms with Gasteiger partial charge in [0.2, 0.25) is 5.91 Å². The zero-order valence-electron chi connectivity index (χ0n) is 75.5. The quantitative estimate of drug-likeness (QED) is 0.0274. The predicted molar refractivity (Wildman–Crippen MR) is 477 cm³/mol. The molecule has 3 aliphatic carbocycles. The van der Waals surface area contributed by atoms with Gasteiger partial charge in [-0.05, 0) is 136 Å². The fraction of sp³-hybridized carbons (Fsp3) is 0.649. The molecule has 0 saturated heterocycles. The molecule has 5 aromatic rings. The van der Waals surface area contributed by atoms with Gasteiger partial charge in [0.05, 0.1) is 297 Å². The van der Waals surface area contributed by atoms with Crippen LogP contribution >= 0.6 is 0 Å². The molecule has 0 atom stereocenters. The molecule has 30 nitrogen and oxygen atoms in total. The molecular weight excluding hydrogens is 1640 g/mol. The van der Waals surface area contributed by atoms with E-state index < -0.39 is 17.1 Å². The SMILES string of the molecule is COCCOCCOCCOCCOCCOCCOCCOCCOCCOCCOCCOCCCC1(CCCOCCOCCOCCOCCOCCOCCOCCOCCOCCOCCOCCOC)c2cc(-c3ccc(OCCCCNC(=O)CCC(=O)C4C(=O)CCC4=O)cc3)ccc2-c2ccc(-c3ccc4c(c3)Cc3ccccc3-4)cc21. The lowest BCUT2D eigenvalue weighted by atomic mass is 9.70. The molecule has 0 aromatic heterocycles. The maximum Gasteiger partial charge on any atom is 0.220 e. The van der Waals surface area contributed by atoms with Crippen molar-refractivity contribution in [2.24, 2.45) is 5.92 Å². The molecule has 0 unspecified atom stereocenters. The zero-order chi connectivity index (χ0) is 89.0. The van der Waals surface area contributed by atoms with E-state index in [2.05, 4.69) is 96.3 Å². The lowest BCUT2D eigenvalue weighted by molar-refractivity contribution is -0.137. The van der Waals surface area contributed by atoms with Gasteiger partial charge in [-0.1, -0.05) is 78.9 Å². The summed E-state index contributed by atoms with van der Waals surface area (Å²) in [5, 5.41) is 2.85. The zero-order valence-corrected chi connectivity index (χ0v) is 75.5. The van der Waals surface area contributed by atoms with Crippen LogP contribution in [0.3, 0.4) is 0 Å². The molecule has 5 aromatic carbocycles. The van der Waals surface area contributed by atoms with Crippen LogP contribution in [0, 0.1) is 5.92 Å². The number of carbonyl (C=O) groups excluding carboxylic acids is 4.